The first-order valence-electron chi connectivity index (χ1n) is 6.21. The Labute approximate surface area is 104 Å². The zero-order valence-corrected chi connectivity index (χ0v) is 10.9. The van der Waals surface area contributed by atoms with Crippen molar-refractivity contribution >= 4 is 5.91 Å². The molecule has 1 amide bonds. The number of hydrogen-bond acceptors (Lipinski definition) is 2. The van der Waals surface area contributed by atoms with E-state index in [1.54, 1.807) is 0 Å². The fourth-order valence-electron chi connectivity index (χ4n) is 1.65. The van der Waals surface area contributed by atoms with E-state index in [-0.39, 0.29) is 11.9 Å². The molecule has 17 heavy (non-hydrogen) atoms. The van der Waals surface area contributed by atoms with Gasteiger partial charge in [0.15, 0.2) is 0 Å². The lowest BCUT2D eigenvalue weighted by Crippen LogP contribution is -2.38. The van der Waals surface area contributed by atoms with E-state index in [0.717, 1.165) is 12.0 Å². The molecule has 1 unspecified atom stereocenters. The van der Waals surface area contributed by atoms with Gasteiger partial charge in [0, 0.05) is 6.04 Å². The average Bonchev–Trinajstić information content (AvgIpc) is 2.34. The highest BCUT2D eigenvalue weighted by Gasteiger charge is 2.11. The number of nitrogens with one attached hydrogen (secondary N) is 2. The molecule has 0 saturated heterocycles. The van der Waals surface area contributed by atoms with Gasteiger partial charge < -0.3 is 10.6 Å². The molecule has 2 N–H and O–H groups in total. The minimum atomic E-state index is 0.0504. The number of amides is 1. The van der Waals surface area contributed by atoms with Crippen molar-refractivity contribution in [3.8, 4) is 0 Å². The van der Waals surface area contributed by atoms with Gasteiger partial charge in [-0.15, -0.1) is 0 Å². The number of benzene rings is 1. The van der Waals surface area contributed by atoms with Crippen molar-refractivity contribution in [2.24, 2.45) is 0 Å². The van der Waals surface area contributed by atoms with E-state index in [2.05, 4.69) is 17.6 Å². The van der Waals surface area contributed by atoms with Gasteiger partial charge in [-0.05, 0) is 12.0 Å². The first-order valence-corrected chi connectivity index (χ1v) is 6.21. The first-order chi connectivity index (χ1) is 8.13. The lowest BCUT2D eigenvalue weighted by atomic mass is 10.0. The largest absolute Gasteiger partial charge is 0.348 e. The highest BCUT2D eigenvalue weighted by Crippen LogP contribution is 2.15. The molecule has 0 bridgehead atoms. The molecule has 1 rings (SSSR count). The van der Waals surface area contributed by atoms with Crippen molar-refractivity contribution in [3.63, 3.8) is 0 Å². The fourth-order valence-corrected chi connectivity index (χ4v) is 1.65. The Bertz CT molecular complexity index is 335. The molecule has 0 fully saturated rings. The van der Waals surface area contributed by atoms with Crippen LogP contribution in [0.25, 0.3) is 0 Å². The quantitative estimate of drug-likeness (QED) is 0.792. The molecule has 3 nitrogen and oxygen atoms in total. The summed E-state index contributed by atoms with van der Waals surface area (Å²) in [6.07, 6.45) is 0.900. The lowest BCUT2D eigenvalue weighted by Gasteiger charge is -2.18. The van der Waals surface area contributed by atoms with Crippen LogP contribution in [0.3, 0.4) is 0 Å². The van der Waals surface area contributed by atoms with Crippen molar-refractivity contribution in [2.75, 3.05) is 6.54 Å². The summed E-state index contributed by atoms with van der Waals surface area (Å²) in [6, 6.07) is 10.5. The van der Waals surface area contributed by atoms with Gasteiger partial charge >= 0.3 is 0 Å². The number of carbonyl (C=O) groups excluding carboxylic acids is 1. The van der Waals surface area contributed by atoms with Crippen LogP contribution in [0.4, 0.5) is 0 Å². The van der Waals surface area contributed by atoms with Gasteiger partial charge in [0.05, 0.1) is 12.6 Å². The van der Waals surface area contributed by atoms with E-state index in [4.69, 9.17) is 0 Å². The van der Waals surface area contributed by atoms with Crippen molar-refractivity contribution in [3.05, 3.63) is 35.9 Å². The van der Waals surface area contributed by atoms with Crippen molar-refractivity contribution in [1.82, 2.24) is 10.6 Å². The van der Waals surface area contributed by atoms with E-state index < -0.39 is 0 Å². The van der Waals surface area contributed by atoms with Crippen molar-refractivity contribution in [2.45, 2.75) is 39.3 Å². The normalized spacial score (nSPS) is 12.5. The molecule has 0 saturated carbocycles. The lowest BCUT2D eigenvalue weighted by molar-refractivity contribution is -0.121. The maximum atomic E-state index is 11.7. The Morgan fingerprint density at radius 1 is 1.24 bits per heavy atom. The standard InChI is InChI=1S/C14H22N2O/c1-4-13(12-8-6-5-7-9-12)16-14(17)10-15-11(2)3/h5-9,11,13,15H,4,10H2,1-3H3,(H,16,17). The van der Waals surface area contributed by atoms with E-state index in [0.29, 0.717) is 12.6 Å². The summed E-state index contributed by atoms with van der Waals surface area (Å²) in [5, 5.41) is 6.15. The highest BCUT2D eigenvalue weighted by atomic mass is 16.1. The average molecular weight is 234 g/mol. The van der Waals surface area contributed by atoms with Crippen LogP contribution >= 0.6 is 0 Å². The summed E-state index contributed by atoms with van der Waals surface area (Å²) < 4.78 is 0. The van der Waals surface area contributed by atoms with Crippen molar-refractivity contribution < 1.29 is 4.79 Å². The number of rotatable bonds is 6. The van der Waals surface area contributed by atoms with Crippen LogP contribution in [-0.2, 0) is 4.79 Å². The Morgan fingerprint density at radius 2 is 1.88 bits per heavy atom. The van der Waals surface area contributed by atoms with E-state index >= 15 is 0 Å². The summed E-state index contributed by atoms with van der Waals surface area (Å²) in [5.74, 6) is 0.0504. The van der Waals surface area contributed by atoms with Gasteiger partial charge in [-0.2, -0.15) is 0 Å². The highest BCUT2D eigenvalue weighted by molar-refractivity contribution is 5.78. The van der Waals surface area contributed by atoms with Crippen LogP contribution in [0.5, 0.6) is 0 Å². The maximum Gasteiger partial charge on any atom is 0.234 e. The summed E-state index contributed by atoms with van der Waals surface area (Å²) in [6.45, 7) is 6.51. The topological polar surface area (TPSA) is 41.1 Å². The number of carbonyl (C=O) groups is 1. The molecule has 1 atom stereocenters. The molecule has 0 heterocycles. The van der Waals surface area contributed by atoms with E-state index in [1.807, 2.05) is 44.2 Å². The zero-order chi connectivity index (χ0) is 12.7. The monoisotopic (exact) mass is 234 g/mol. The van der Waals surface area contributed by atoms with Crippen LogP contribution in [0.2, 0.25) is 0 Å². The minimum absolute atomic E-state index is 0.0504. The summed E-state index contributed by atoms with van der Waals surface area (Å²) in [4.78, 5) is 11.7. The third-order valence-corrected chi connectivity index (χ3v) is 2.62. The summed E-state index contributed by atoms with van der Waals surface area (Å²) in [5.41, 5.74) is 1.16. The molecule has 3 heteroatoms. The van der Waals surface area contributed by atoms with Gasteiger partial charge in [-0.1, -0.05) is 51.1 Å². The fraction of sp³-hybridized carbons (Fsp3) is 0.500. The minimum Gasteiger partial charge on any atom is -0.348 e. The summed E-state index contributed by atoms with van der Waals surface area (Å²) >= 11 is 0. The molecule has 0 aromatic heterocycles. The molecule has 0 spiro atoms. The van der Waals surface area contributed by atoms with Gasteiger partial charge in [-0.25, -0.2) is 0 Å². The Kier molecular flexibility index (Phi) is 5.70. The van der Waals surface area contributed by atoms with E-state index in [1.165, 1.54) is 0 Å². The Hall–Kier alpha value is -1.35. The summed E-state index contributed by atoms with van der Waals surface area (Å²) in [7, 11) is 0. The predicted molar refractivity (Wildman–Crippen MR) is 70.8 cm³/mol. The molecular formula is C14H22N2O. The Morgan fingerprint density at radius 3 is 2.41 bits per heavy atom. The molecule has 0 aliphatic carbocycles. The second kappa shape index (κ2) is 7.07. The zero-order valence-electron chi connectivity index (χ0n) is 10.9. The molecule has 0 radical (unpaired) electrons. The molecule has 1 aromatic carbocycles. The molecule has 94 valence electrons. The van der Waals surface area contributed by atoms with Crippen LogP contribution in [-0.4, -0.2) is 18.5 Å². The van der Waals surface area contributed by atoms with Gasteiger partial charge in [0.2, 0.25) is 5.91 Å². The number of hydrogen-bond donors (Lipinski definition) is 2. The van der Waals surface area contributed by atoms with Crippen LogP contribution in [0.1, 0.15) is 38.8 Å². The third kappa shape index (κ3) is 5.00. The molecule has 0 aliphatic rings. The second-order valence-electron chi connectivity index (χ2n) is 4.47. The van der Waals surface area contributed by atoms with E-state index in [9.17, 15) is 4.79 Å². The van der Waals surface area contributed by atoms with Crippen molar-refractivity contribution in [1.29, 1.82) is 0 Å². The van der Waals surface area contributed by atoms with Crippen LogP contribution < -0.4 is 10.6 Å². The predicted octanol–water partition coefficient (Wildman–Crippen LogP) is 2.25. The van der Waals surface area contributed by atoms with Crippen LogP contribution in [0, 0.1) is 0 Å². The molecule has 0 aliphatic heterocycles. The SMILES string of the molecule is CCC(NC(=O)CNC(C)C)c1ccccc1. The third-order valence-electron chi connectivity index (χ3n) is 2.62. The first kappa shape index (κ1) is 13.7. The Balaban J connectivity index is 2.50. The van der Waals surface area contributed by atoms with Gasteiger partial charge in [0.1, 0.15) is 0 Å². The molecular weight excluding hydrogens is 212 g/mol. The van der Waals surface area contributed by atoms with Gasteiger partial charge in [-0.3, -0.25) is 4.79 Å². The second-order valence-corrected chi connectivity index (χ2v) is 4.47. The molecule has 1 aromatic rings. The van der Waals surface area contributed by atoms with Crippen LogP contribution in [0.15, 0.2) is 30.3 Å². The van der Waals surface area contributed by atoms with Gasteiger partial charge in [0.25, 0.3) is 0 Å². The smallest absolute Gasteiger partial charge is 0.234 e. The maximum absolute atomic E-state index is 11.7.